The molecule has 0 aliphatic rings. The van der Waals surface area contributed by atoms with Gasteiger partial charge in [-0.1, -0.05) is 20.3 Å². The van der Waals surface area contributed by atoms with E-state index in [0.29, 0.717) is 19.4 Å². The average Bonchev–Trinajstić information content (AvgIpc) is 3.07. The Kier molecular flexibility index (Phi) is 23.3. The van der Waals surface area contributed by atoms with E-state index in [1.54, 1.807) is 13.8 Å². The molecular formula is C31H57N11O11. The van der Waals surface area contributed by atoms with Crippen LogP contribution in [0.4, 0.5) is 0 Å². The number of nitrogens with zero attached hydrogens (tertiary/aromatic N) is 1. The molecule has 0 aromatic heterocycles. The molecule has 0 rings (SSSR count). The zero-order valence-electron chi connectivity index (χ0n) is 30.4. The third-order valence-corrected chi connectivity index (χ3v) is 7.49. The quantitative estimate of drug-likeness (QED) is 0.0212. The minimum atomic E-state index is -1.57. The maximum Gasteiger partial charge on any atom is 0.325 e. The second-order valence-corrected chi connectivity index (χ2v) is 12.7. The van der Waals surface area contributed by atoms with Gasteiger partial charge in [0.2, 0.25) is 35.4 Å². The number of carbonyl (C=O) groups is 8. The summed E-state index contributed by atoms with van der Waals surface area (Å²) in [6, 6.07) is -7.98. The Morgan fingerprint density at radius 2 is 1.23 bits per heavy atom. The van der Waals surface area contributed by atoms with Crippen molar-refractivity contribution in [3.8, 4) is 0 Å². The van der Waals surface area contributed by atoms with Crippen LogP contribution < -0.4 is 54.8 Å². The predicted molar refractivity (Wildman–Crippen MR) is 190 cm³/mol. The number of rotatable bonds is 27. The number of nitrogens with one attached hydrogen (secondary N) is 6. The van der Waals surface area contributed by atoms with Gasteiger partial charge in [-0.15, -0.1) is 0 Å². The number of unbranched alkanes of at least 4 members (excludes halogenated alkanes) is 1. The summed E-state index contributed by atoms with van der Waals surface area (Å²) in [5.41, 5.74) is 22.1. The van der Waals surface area contributed by atoms with Gasteiger partial charge in [-0.3, -0.25) is 43.3 Å². The summed E-state index contributed by atoms with van der Waals surface area (Å²) < 4.78 is 0. The summed E-state index contributed by atoms with van der Waals surface area (Å²) >= 11 is 0. The Labute approximate surface area is 307 Å². The zero-order chi connectivity index (χ0) is 40.7. The van der Waals surface area contributed by atoms with Gasteiger partial charge in [0.25, 0.3) is 0 Å². The number of hydrogen-bond acceptors (Lipinski definition) is 12. The van der Waals surface area contributed by atoms with Crippen molar-refractivity contribution < 1.29 is 53.7 Å². The molecule has 0 saturated carbocycles. The molecule has 22 nitrogen and oxygen atoms in total. The van der Waals surface area contributed by atoms with Crippen molar-refractivity contribution in [1.82, 2.24) is 31.9 Å². The largest absolute Gasteiger partial charge is 0.481 e. The van der Waals surface area contributed by atoms with Crippen molar-refractivity contribution in [2.45, 2.75) is 108 Å². The van der Waals surface area contributed by atoms with E-state index in [2.05, 4.69) is 36.9 Å². The number of guanidine groups is 1. The number of hydrogen-bond donors (Lipinski definition) is 13. The van der Waals surface area contributed by atoms with Crippen molar-refractivity contribution in [3.05, 3.63) is 0 Å². The summed E-state index contributed by atoms with van der Waals surface area (Å²) in [6.07, 6.45) is 0.456. The molecule has 0 heterocycles. The molecule has 0 spiro atoms. The Morgan fingerprint density at radius 3 is 1.74 bits per heavy atom. The third kappa shape index (κ3) is 21.1. The monoisotopic (exact) mass is 759 g/mol. The normalized spacial score (nSPS) is 14.2. The molecular weight excluding hydrogens is 702 g/mol. The number of carbonyl (C=O) groups excluding carboxylic acids is 6. The van der Waals surface area contributed by atoms with Crippen LogP contribution in [0.3, 0.4) is 0 Å². The topological polar surface area (TPSA) is 386 Å². The van der Waals surface area contributed by atoms with E-state index in [0.717, 1.165) is 0 Å². The van der Waals surface area contributed by atoms with E-state index in [9.17, 15) is 48.6 Å². The summed E-state index contributed by atoms with van der Waals surface area (Å²) in [4.78, 5) is 104. The first-order valence-electron chi connectivity index (χ1n) is 17.2. The van der Waals surface area contributed by atoms with Gasteiger partial charge in [0, 0.05) is 13.0 Å². The lowest BCUT2D eigenvalue weighted by molar-refractivity contribution is -0.141. The average molecular weight is 760 g/mol. The second-order valence-electron chi connectivity index (χ2n) is 12.7. The molecule has 6 amide bonds. The fourth-order valence-corrected chi connectivity index (χ4v) is 4.59. The number of aliphatic carboxylic acids is 2. The Balaban J connectivity index is 6.09. The summed E-state index contributed by atoms with van der Waals surface area (Å²) in [6.45, 7) is 3.68. The summed E-state index contributed by atoms with van der Waals surface area (Å²) in [7, 11) is 0. The molecule has 0 aromatic carbocycles. The van der Waals surface area contributed by atoms with Gasteiger partial charge in [0.1, 0.15) is 30.2 Å². The van der Waals surface area contributed by atoms with Gasteiger partial charge >= 0.3 is 11.9 Å². The third-order valence-electron chi connectivity index (χ3n) is 7.49. The molecule has 0 radical (unpaired) electrons. The molecule has 0 unspecified atom stereocenters. The number of aliphatic hydroxyl groups is 1. The van der Waals surface area contributed by atoms with Crippen molar-refractivity contribution in [1.29, 1.82) is 0 Å². The Bertz CT molecular complexity index is 1280. The SMILES string of the molecule is CC(C)C[C@H](NC(=O)[C@H](CCCN=C(N)N)NC(=O)[C@H](CCC(=O)O)NC(=O)[C@H](CO)NC(=O)[C@@H](N)CCCCN)C(=O)NCC(=O)N[C@@H](C)C(=O)O. The summed E-state index contributed by atoms with van der Waals surface area (Å²) in [5, 5.41) is 42.2. The maximum atomic E-state index is 13.6. The van der Waals surface area contributed by atoms with E-state index in [4.69, 9.17) is 28.0 Å². The number of carboxylic acid groups (broad SMARTS) is 2. The first kappa shape index (κ1) is 47.9. The lowest BCUT2D eigenvalue weighted by Crippen LogP contribution is -2.59. The smallest absolute Gasteiger partial charge is 0.325 e. The van der Waals surface area contributed by atoms with Crippen LogP contribution in [0.15, 0.2) is 4.99 Å². The Morgan fingerprint density at radius 1 is 0.679 bits per heavy atom. The zero-order valence-corrected chi connectivity index (χ0v) is 30.4. The number of amides is 6. The highest BCUT2D eigenvalue weighted by molar-refractivity contribution is 5.96. The van der Waals surface area contributed by atoms with Gasteiger partial charge in [-0.25, -0.2) is 0 Å². The molecule has 22 heteroatoms. The highest BCUT2D eigenvalue weighted by atomic mass is 16.4. The first-order valence-corrected chi connectivity index (χ1v) is 17.2. The molecule has 53 heavy (non-hydrogen) atoms. The van der Waals surface area contributed by atoms with Crippen LogP contribution in [0.2, 0.25) is 0 Å². The van der Waals surface area contributed by atoms with Crippen LogP contribution in [0, 0.1) is 5.92 Å². The number of aliphatic hydroxyl groups excluding tert-OH is 1. The minimum Gasteiger partial charge on any atom is -0.481 e. The molecule has 302 valence electrons. The van der Waals surface area contributed by atoms with Crippen molar-refractivity contribution in [3.63, 3.8) is 0 Å². The van der Waals surface area contributed by atoms with Gasteiger partial charge in [-0.05, 0) is 57.9 Å². The highest BCUT2D eigenvalue weighted by Crippen LogP contribution is 2.09. The van der Waals surface area contributed by atoms with Crippen LogP contribution in [-0.4, -0.2) is 131 Å². The van der Waals surface area contributed by atoms with E-state index >= 15 is 0 Å². The lowest BCUT2D eigenvalue weighted by atomic mass is 10.0. The Hall–Kier alpha value is -5.09. The molecule has 6 atom stereocenters. The second kappa shape index (κ2) is 25.8. The van der Waals surface area contributed by atoms with Crippen LogP contribution in [0.1, 0.15) is 72.1 Å². The minimum absolute atomic E-state index is 0.0349. The van der Waals surface area contributed by atoms with Gasteiger partial charge in [0.05, 0.1) is 19.2 Å². The van der Waals surface area contributed by atoms with Crippen LogP contribution in [-0.2, 0) is 38.4 Å². The fraction of sp³-hybridized carbons (Fsp3) is 0.710. The highest BCUT2D eigenvalue weighted by Gasteiger charge is 2.32. The fourth-order valence-electron chi connectivity index (χ4n) is 4.59. The number of aliphatic imine (C=N–C) groups is 1. The van der Waals surface area contributed by atoms with E-state index in [1.807, 2.05) is 0 Å². The molecule has 0 fully saturated rings. The van der Waals surface area contributed by atoms with Crippen molar-refractivity contribution in [2.75, 3.05) is 26.2 Å². The van der Waals surface area contributed by atoms with Crippen LogP contribution >= 0.6 is 0 Å². The maximum absolute atomic E-state index is 13.6. The predicted octanol–water partition coefficient (Wildman–Crippen LogP) is -4.96. The molecule has 17 N–H and O–H groups in total. The van der Waals surface area contributed by atoms with Gasteiger partial charge < -0.3 is 70.2 Å². The molecule has 0 saturated heterocycles. The molecule has 0 bridgehead atoms. The standard InChI is InChI=1S/C31H57N11O11/c1-16(2)13-21(26(48)37-14-23(44)38-17(3)30(52)53)41-27(49)19(8-6-12-36-31(34)35)39-28(50)20(9-10-24(45)46)40-29(51)22(15-43)42-25(47)18(33)7-4-5-11-32/h16-22,43H,4-15,32-33H2,1-3H3,(H,37,48)(H,38,44)(H,39,50)(H,40,51)(H,41,49)(H,42,47)(H,45,46)(H,52,53)(H4,34,35,36)/t17-,18-,19-,20-,21-,22-/m0/s1. The molecule has 0 aliphatic heterocycles. The van der Waals surface area contributed by atoms with E-state index in [1.165, 1.54) is 6.92 Å². The van der Waals surface area contributed by atoms with Gasteiger partial charge in [-0.2, -0.15) is 0 Å². The molecule has 0 aliphatic carbocycles. The van der Waals surface area contributed by atoms with E-state index in [-0.39, 0.29) is 44.1 Å². The first-order chi connectivity index (χ1) is 24.8. The van der Waals surface area contributed by atoms with Crippen LogP contribution in [0.25, 0.3) is 0 Å². The number of nitrogens with two attached hydrogens (primary N) is 4. The van der Waals surface area contributed by atoms with Crippen LogP contribution in [0.5, 0.6) is 0 Å². The van der Waals surface area contributed by atoms with Crippen molar-refractivity contribution >= 4 is 53.3 Å². The van der Waals surface area contributed by atoms with Gasteiger partial charge in [0.15, 0.2) is 5.96 Å². The molecule has 0 aromatic rings. The lowest BCUT2D eigenvalue weighted by Gasteiger charge is -2.27. The van der Waals surface area contributed by atoms with Crippen molar-refractivity contribution in [2.24, 2.45) is 33.8 Å². The number of carboxylic acids is 2. The summed E-state index contributed by atoms with van der Waals surface area (Å²) in [5.74, 6) is -8.22. The van der Waals surface area contributed by atoms with E-state index < -0.39 is 110 Å².